The molecule has 2 aromatic rings. The van der Waals surface area contributed by atoms with E-state index in [0.717, 1.165) is 37.1 Å². The van der Waals surface area contributed by atoms with Crippen molar-refractivity contribution in [3.63, 3.8) is 0 Å². The van der Waals surface area contributed by atoms with Gasteiger partial charge in [0.05, 0.1) is 5.52 Å². The fraction of sp³-hybridized carbons (Fsp3) is 0.438. The number of hydrogen-bond acceptors (Lipinski definition) is 3. The summed E-state index contributed by atoms with van der Waals surface area (Å²) in [5.74, 6) is 1.06. The molecule has 0 saturated carbocycles. The van der Waals surface area contributed by atoms with E-state index in [4.69, 9.17) is 10.7 Å². The molecule has 1 aromatic carbocycles. The van der Waals surface area contributed by atoms with Gasteiger partial charge in [0, 0.05) is 19.5 Å². The number of hydrogen-bond donors (Lipinski definition) is 1. The third-order valence-corrected chi connectivity index (χ3v) is 3.42. The molecule has 1 aromatic heterocycles. The van der Waals surface area contributed by atoms with Crippen molar-refractivity contribution in [2.24, 2.45) is 5.73 Å². The van der Waals surface area contributed by atoms with Gasteiger partial charge in [-0.1, -0.05) is 13.0 Å². The zero-order chi connectivity index (χ0) is 13.8. The van der Waals surface area contributed by atoms with Gasteiger partial charge in [0.2, 0.25) is 0 Å². The maximum absolute atomic E-state index is 5.63. The van der Waals surface area contributed by atoms with Gasteiger partial charge in [-0.2, -0.15) is 0 Å². The minimum absolute atomic E-state index is 0.722. The highest BCUT2D eigenvalue weighted by molar-refractivity contribution is 5.82. The number of nitrogens with zero attached hydrogens (tertiary/aromatic N) is 2. The predicted molar refractivity (Wildman–Crippen MR) is 82.8 cm³/mol. The molecule has 2 N–H and O–H groups in total. The van der Waals surface area contributed by atoms with E-state index in [2.05, 4.69) is 36.1 Å². The SMILES string of the molecule is CCc1ccc2nc(N(C)C)c(CCCN)cc2c1. The number of aryl methyl sites for hydroxylation is 2. The van der Waals surface area contributed by atoms with Crippen LogP contribution in [0.25, 0.3) is 10.9 Å². The molecule has 0 unspecified atom stereocenters. The normalized spacial score (nSPS) is 10.9. The molecular formula is C16H23N3. The number of pyridine rings is 1. The first-order valence-corrected chi connectivity index (χ1v) is 6.95. The van der Waals surface area contributed by atoms with Gasteiger partial charge < -0.3 is 10.6 Å². The van der Waals surface area contributed by atoms with E-state index in [0.29, 0.717) is 0 Å². The Hall–Kier alpha value is -1.61. The third kappa shape index (κ3) is 3.04. The van der Waals surface area contributed by atoms with Gasteiger partial charge in [-0.05, 0) is 55.1 Å². The molecule has 3 heteroatoms. The average Bonchev–Trinajstić information content (AvgIpc) is 2.43. The van der Waals surface area contributed by atoms with Crippen molar-refractivity contribution in [1.29, 1.82) is 0 Å². The van der Waals surface area contributed by atoms with Crippen LogP contribution >= 0.6 is 0 Å². The summed E-state index contributed by atoms with van der Waals surface area (Å²) in [7, 11) is 4.08. The summed E-state index contributed by atoms with van der Waals surface area (Å²) in [6.45, 7) is 2.90. The molecular weight excluding hydrogens is 234 g/mol. The fourth-order valence-corrected chi connectivity index (χ4v) is 2.34. The van der Waals surface area contributed by atoms with E-state index < -0.39 is 0 Å². The van der Waals surface area contributed by atoms with Gasteiger partial charge >= 0.3 is 0 Å². The second-order valence-electron chi connectivity index (χ2n) is 5.14. The van der Waals surface area contributed by atoms with Gasteiger partial charge in [0.25, 0.3) is 0 Å². The standard InChI is InChI=1S/C16H23N3/c1-4-12-7-8-15-14(10-12)11-13(6-5-9-17)16(18-15)19(2)3/h7-8,10-11H,4-6,9,17H2,1-3H3. The van der Waals surface area contributed by atoms with Gasteiger partial charge in [-0.15, -0.1) is 0 Å². The third-order valence-electron chi connectivity index (χ3n) is 3.42. The smallest absolute Gasteiger partial charge is 0.131 e. The molecule has 0 radical (unpaired) electrons. The van der Waals surface area contributed by atoms with Crippen LogP contribution in [0.1, 0.15) is 24.5 Å². The molecule has 0 fully saturated rings. The van der Waals surface area contributed by atoms with Crippen LogP contribution in [0, 0.1) is 0 Å². The zero-order valence-corrected chi connectivity index (χ0v) is 12.1. The molecule has 2 rings (SSSR count). The lowest BCUT2D eigenvalue weighted by Crippen LogP contribution is -2.14. The summed E-state index contributed by atoms with van der Waals surface area (Å²) in [5.41, 5.74) is 9.34. The molecule has 1 heterocycles. The lowest BCUT2D eigenvalue weighted by Gasteiger charge is -2.17. The molecule has 0 atom stereocenters. The predicted octanol–water partition coefficient (Wildman–Crippen LogP) is 2.75. The van der Waals surface area contributed by atoms with E-state index in [9.17, 15) is 0 Å². The summed E-state index contributed by atoms with van der Waals surface area (Å²) in [5, 5.41) is 1.23. The van der Waals surface area contributed by atoms with Gasteiger partial charge in [0.1, 0.15) is 5.82 Å². The Kier molecular flexibility index (Phi) is 4.38. The molecule has 19 heavy (non-hydrogen) atoms. The van der Waals surface area contributed by atoms with Gasteiger partial charge in [-0.3, -0.25) is 0 Å². The highest BCUT2D eigenvalue weighted by Crippen LogP contribution is 2.24. The highest BCUT2D eigenvalue weighted by atomic mass is 15.1. The first-order valence-electron chi connectivity index (χ1n) is 6.95. The van der Waals surface area contributed by atoms with E-state index in [1.807, 2.05) is 14.1 Å². The quantitative estimate of drug-likeness (QED) is 0.895. The van der Waals surface area contributed by atoms with E-state index >= 15 is 0 Å². The van der Waals surface area contributed by atoms with Crippen LogP contribution in [-0.4, -0.2) is 25.6 Å². The Balaban J connectivity index is 2.52. The Labute approximate surface area is 115 Å². The molecule has 0 aliphatic rings. The summed E-state index contributed by atoms with van der Waals surface area (Å²) in [6, 6.07) is 8.79. The zero-order valence-electron chi connectivity index (χ0n) is 12.1. The second-order valence-corrected chi connectivity index (χ2v) is 5.14. The molecule has 0 amide bonds. The van der Waals surface area contributed by atoms with Crippen LogP contribution in [0.5, 0.6) is 0 Å². The summed E-state index contributed by atoms with van der Waals surface area (Å²) in [4.78, 5) is 6.87. The molecule has 0 aliphatic carbocycles. The minimum Gasteiger partial charge on any atom is -0.362 e. The Bertz CT molecular complexity index is 561. The number of rotatable bonds is 5. The summed E-state index contributed by atoms with van der Waals surface area (Å²) < 4.78 is 0. The summed E-state index contributed by atoms with van der Waals surface area (Å²) in [6.07, 6.45) is 3.05. The first-order chi connectivity index (χ1) is 9.15. The lowest BCUT2D eigenvalue weighted by atomic mass is 10.0. The second kappa shape index (κ2) is 6.02. The largest absolute Gasteiger partial charge is 0.362 e. The fourth-order valence-electron chi connectivity index (χ4n) is 2.34. The van der Waals surface area contributed by atoms with Crippen molar-refractivity contribution < 1.29 is 0 Å². The Morgan fingerprint density at radius 2 is 2.00 bits per heavy atom. The van der Waals surface area contributed by atoms with Crippen molar-refractivity contribution in [3.8, 4) is 0 Å². The van der Waals surface area contributed by atoms with Gasteiger partial charge in [-0.25, -0.2) is 4.98 Å². The van der Waals surface area contributed by atoms with Crippen molar-refractivity contribution >= 4 is 16.7 Å². The van der Waals surface area contributed by atoms with Crippen LogP contribution < -0.4 is 10.6 Å². The van der Waals surface area contributed by atoms with Crippen LogP contribution in [0.15, 0.2) is 24.3 Å². The minimum atomic E-state index is 0.722. The number of fused-ring (bicyclic) bond motifs is 1. The van der Waals surface area contributed by atoms with E-state index in [-0.39, 0.29) is 0 Å². The monoisotopic (exact) mass is 257 g/mol. The van der Waals surface area contributed by atoms with Crippen LogP contribution in [0.4, 0.5) is 5.82 Å². The van der Waals surface area contributed by atoms with E-state index in [1.54, 1.807) is 0 Å². The first kappa shape index (κ1) is 13.8. The molecule has 0 saturated heterocycles. The maximum atomic E-state index is 5.63. The molecule has 0 aliphatic heterocycles. The molecule has 3 nitrogen and oxygen atoms in total. The topological polar surface area (TPSA) is 42.2 Å². The summed E-state index contributed by atoms with van der Waals surface area (Å²) >= 11 is 0. The Morgan fingerprint density at radius 1 is 1.21 bits per heavy atom. The van der Waals surface area contributed by atoms with Crippen molar-refractivity contribution in [2.75, 3.05) is 25.5 Å². The number of benzene rings is 1. The van der Waals surface area contributed by atoms with Gasteiger partial charge in [0.15, 0.2) is 0 Å². The average molecular weight is 257 g/mol. The lowest BCUT2D eigenvalue weighted by molar-refractivity contribution is 0.826. The van der Waals surface area contributed by atoms with Crippen molar-refractivity contribution in [1.82, 2.24) is 4.98 Å². The maximum Gasteiger partial charge on any atom is 0.131 e. The van der Waals surface area contributed by atoms with Crippen LogP contribution in [0.3, 0.4) is 0 Å². The molecule has 0 spiro atoms. The molecule has 102 valence electrons. The van der Waals surface area contributed by atoms with E-state index in [1.165, 1.54) is 16.5 Å². The molecule has 0 bridgehead atoms. The highest BCUT2D eigenvalue weighted by Gasteiger charge is 2.09. The Morgan fingerprint density at radius 3 is 2.63 bits per heavy atom. The van der Waals surface area contributed by atoms with Crippen molar-refractivity contribution in [3.05, 3.63) is 35.4 Å². The van der Waals surface area contributed by atoms with Crippen molar-refractivity contribution in [2.45, 2.75) is 26.2 Å². The number of anilines is 1. The van der Waals surface area contributed by atoms with Crippen LogP contribution in [0.2, 0.25) is 0 Å². The van der Waals surface area contributed by atoms with Crippen LogP contribution in [-0.2, 0) is 12.8 Å². The number of nitrogens with two attached hydrogens (primary N) is 1. The number of aromatic nitrogens is 1.